The summed E-state index contributed by atoms with van der Waals surface area (Å²) in [5.74, 6) is 0. The molecule has 0 bridgehead atoms. The number of nitrogens with zero attached hydrogens (tertiary/aromatic N) is 1. The van der Waals surface area contributed by atoms with Crippen molar-refractivity contribution >= 4 is 32.2 Å². The molecule has 5 heteroatoms. The molecule has 26 heavy (non-hydrogen) atoms. The standard InChI is InChI=1S/C21H24N2O2S/c1-3-4-14-22-26(24,25)21-13-11-17-15-20(12-10-18(17)16-21)23(2)19-8-6-5-7-9-19/h5-13,15-16,22H,3-4,14H2,1-2H3. The van der Waals surface area contributed by atoms with Gasteiger partial charge in [0.15, 0.2) is 0 Å². The van der Waals surface area contributed by atoms with Crippen LogP contribution in [0.15, 0.2) is 71.6 Å². The molecular weight excluding hydrogens is 344 g/mol. The van der Waals surface area contributed by atoms with E-state index in [1.807, 2.05) is 50.4 Å². The van der Waals surface area contributed by atoms with E-state index in [2.05, 4.69) is 27.8 Å². The zero-order chi connectivity index (χ0) is 18.6. The summed E-state index contributed by atoms with van der Waals surface area (Å²) in [6.07, 6.45) is 1.79. The van der Waals surface area contributed by atoms with E-state index in [-0.39, 0.29) is 0 Å². The van der Waals surface area contributed by atoms with Gasteiger partial charge >= 0.3 is 0 Å². The second-order valence-corrected chi connectivity index (χ2v) is 8.11. The Kier molecular flexibility index (Phi) is 5.59. The second-order valence-electron chi connectivity index (χ2n) is 6.34. The molecular formula is C21H24N2O2S. The van der Waals surface area contributed by atoms with E-state index in [9.17, 15) is 8.42 Å². The minimum absolute atomic E-state index is 0.310. The van der Waals surface area contributed by atoms with Crippen LogP contribution in [0.3, 0.4) is 0 Å². The number of hydrogen-bond donors (Lipinski definition) is 1. The van der Waals surface area contributed by atoms with Crippen molar-refractivity contribution in [2.45, 2.75) is 24.7 Å². The Hall–Kier alpha value is -2.37. The van der Waals surface area contributed by atoms with Crippen molar-refractivity contribution in [2.75, 3.05) is 18.5 Å². The monoisotopic (exact) mass is 368 g/mol. The predicted molar refractivity (Wildman–Crippen MR) is 109 cm³/mol. The van der Waals surface area contributed by atoms with E-state index in [1.165, 1.54) is 0 Å². The Labute approximate surface area is 155 Å². The van der Waals surface area contributed by atoms with Gasteiger partial charge in [-0.2, -0.15) is 0 Å². The molecule has 3 aromatic carbocycles. The minimum Gasteiger partial charge on any atom is -0.345 e. The maximum atomic E-state index is 12.4. The molecule has 0 unspecified atom stereocenters. The average Bonchev–Trinajstić information content (AvgIpc) is 2.67. The molecule has 0 atom stereocenters. The van der Waals surface area contributed by atoms with Gasteiger partial charge in [0.05, 0.1) is 4.90 Å². The number of unbranched alkanes of at least 4 members (excludes halogenated alkanes) is 1. The lowest BCUT2D eigenvalue weighted by atomic mass is 10.1. The Morgan fingerprint density at radius 3 is 2.31 bits per heavy atom. The van der Waals surface area contributed by atoms with E-state index in [0.717, 1.165) is 35.0 Å². The number of benzene rings is 3. The number of fused-ring (bicyclic) bond motifs is 1. The first kappa shape index (κ1) is 18.4. The molecule has 0 heterocycles. The van der Waals surface area contributed by atoms with E-state index < -0.39 is 10.0 Å². The van der Waals surface area contributed by atoms with Crippen molar-refractivity contribution in [3.05, 3.63) is 66.7 Å². The smallest absolute Gasteiger partial charge is 0.240 e. The number of hydrogen-bond acceptors (Lipinski definition) is 3. The van der Waals surface area contributed by atoms with E-state index in [1.54, 1.807) is 12.1 Å². The molecule has 1 N–H and O–H groups in total. The highest BCUT2D eigenvalue weighted by Gasteiger charge is 2.14. The summed E-state index contributed by atoms with van der Waals surface area (Å²) in [6.45, 7) is 2.51. The van der Waals surface area contributed by atoms with Crippen LogP contribution < -0.4 is 9.62 Å². The summed E-state index contributed by atoms with van der Waals surface area (Å²) >= 11 is 0. The highest BCUT2D eigenvalue weighted by atomic mass is 32.2. The maximum absolute atomic E-state index is 12.4. The van der Waals surface area contributed by atoms with Crippen LogP contribution in [0, 0.1) is 0 Å². The molecule has 0 aliphatic rings. The molecule has 0 aromatic heterocycles. The van der Waals surface area contributed by atoms with Crippen LogP contribution in [-0.4, -0.2) is 22.0 Å². The summed E-state index contributed by atoms with van der Waals surface area (Å²) < 4.78 is 27.4. The third-order valence-electron chi connectivity index (χ3n) is 4.46. The highest BCUT2D eigenvalue weighted by Crippen LogP contribution is 2.28. The summed E-state index contributed by atoms with van der Waals surface area (Å²) in [4.78, 5) is 2.42. The summed E-state index contributed by atoms with van der Waals surface area (Å²) in [5.41, 5.74) is 2.16. The zero-order valence-electron chi connectivity index (χ0n) is 15.1. The molecule has 0 aliphatic heterocycles. The topological polar surface area (TPSA) is 49.4 Å². The normalized spacial score (nSPS) is 11.6. The number of sulfonamides is 1. The molecule has 0 fully saturated rings. The molecule has 0 amide bonds. The fraction of sp³-hybridized carbons (Fsp3) is 0.238. The molecule has 0 saturated carbocycles. The largest absolute Gasteiger partial charge is 0.345 e. The highest BCUT2D eigenvalue weighted by molar-refractivity contribution is 7.89. The zero-order valence-corrected chi connectivity index (χ0v) is 16.0. The van der Waals surface area contributed by atoms with Crippen LogP contribution in [0.5, 0.6) is 0 Å². The molecule has 0 saturated heterocycles. The first-order chi connectivity index (χ1) is 12.5. The Balaban J connectivity index is 1.88. The van der Waals surface area contributed by atoms with Crippen LogP contribution >= 0.6 is 0 Å². The van der Waals surface area contributed by atoms with Gasteiger partial charge in [-0.25, -0.2) is 13.1 Å². The lowest BCUT2D eigenvalue weighted by Crippen LogP contribution is -2.24. The van der Waals surface area contributed by atoms with Crippen molar-refractivity contribution in [1.29, 1.82) is 0 Å². The summed E-state index contributed by atoms with van der Waals surface area (Å²) in [7, 11) is -1.43. The molecule has 3 rings (SSSR count). The van der Waals surface area contributed by atoms with Crippen LogP contribution in [0.1, 0.15) is 19.8 Å². The van der Waals surface area contributed by atoms with Crippen molar-refractivity contribution < 1.29 is 8.42 Å². The Morgan fingerprint density at radius 2 is 1.58 bits per heavy atom. The van der Waals surface area contributed by atoms with Crippen LogP contribution in [0.25, 0.3) is 10.8 Å². The van der Waals surface area contributed by atoms with E-state index in [4.69, 9.17) is 0 Å². The van der Waals surface area contributed by atoms with Gasteiger partial charge in [-0.05, 0) is 53.6 Å². The Morgan fingerprint density at radius 1 is 0.885 bits per heavy atom. The van der Waals surface area contributed by atoms with Gasteiger partial charge in [-0.1, -0.05) is 43.7 Å². The van der Waals surface area contributed by atoms with Gasteiger partial charge in [0.1, 0.15) is 0 Å². The number of anilines is 2. The molecule has 0 spiro atoms. The predicted octanol–water partition coefficient (Wildman–Crippen LogP) is 4.69. The number of rotatable bonds is 7. The summed E-state index contributed by atoms with van der Waals surface area (Å²) in [5, 5.41) is 1.92. The van der Waals surface area contributed by atoms with Gasteiger partial charge in [-0.15, -0.1) is 0 Å². The van der Waals surface area contributed by atoms with Gasteiger partial charge < -0.3 is 4.90 Å². The fourth-order valence-electron chi connectivity index (χ4n) is 2.85. The van der Waals surface area contributed by atoms with Gasteiger partial charge in [-0.3, -0.25) is 0 Å². The van der Waals surface area contributed by atoms with Crippen LogP contribution in [0.4, 0.5) is 11.4 Å². The van der Waals surface area contributed by atoms with Crippen molar-refractivity contribution in [2.24, 2.45) is 0 Å². The third kappa shape index (κ3) is 4.06. The van der Waals surface area contributed by atoms with Crippen LogP contribution in [-0.2, 0) is 10.0 Å². The molecule has 4 nitrogen and oxygen atoms in total. The molecule has 136 valence electrons. The third-order valence-corrected chi connectivity index (χ3v) is 5.92. The van der Waals surface area contributed by atoms with Gasteiger partial charge in [0.2, 0.25) is 10.0 Å². The van der Waals surface area contributed by atoms with Crippen molar-refractivity contribution in [1.82, 2.24) is 4.72 Å². The van der Waals surface area contributed by atoms with Gasteiger partial charge in [0.25, 0.3) is 0 Å². The molecule has 3 aromatic rings. The van der Waals surface area contributed by atoms with Crippen LogP contribution in [0.2, 0.25) is 0 Å². The molecule has 0 radical (unpaired) electrons. The maximum Gasteiger partial charge on any atom is 0.240 e. The second kappa shape index (κ2) is 7.89. The fourth-order valence-corrected chi connectivity index (χ4v) is 3.96. The minimum atomic E-state index is -3.45. The van der Waals surface area contributed by atoms with E-state index in [0.29, 0.717) is 11.4 Å². The first-order valence-corrected chi connectivity index (χ1v) is 10.3. The average molecular weight is 369 g/mol. The SMILES string of the molecule is CCCCNS(=O)(=O)c1ccc2cc(N(C)c3ccccc3)ccc2c1. The number of para-hydroxylation sites is 1. The Bertz CT molecular complexity index is 985. The molecule has 0 aliphatic carbocycles. The van der Waals surface area contributed by atoms with E-state index >= 15 is 0 Å². The summed E-state index contributed by atoms with van der Waals surface area (Å²) in [6, 6.07) is 21.4. The lowest BCUT2D eigenvalue weighted by molar-refractivity contribution is 0.578. The van der Waals surface area contributed by atoms with Gasteiger partial charge in [0, 0.05) is 25.0 Å². The quantitative estimate of drug-likeness (QED) is 0.616. The first-order valence-electron chi connectivity index (χ1n) is 8.83. The van der Waals surface area contributed by atoms with Crippen molar-refractivity contribution in [3.8, 4) is 0 Å². The number of nitrogens with one attached hydrogen (secondary N) is 1. The van der Waals surface area contributed by atoms with Crippen molar-refractivity contribution in [3.63, 3.8) is 0 Å². The lowest BCUT2D eigenvalue weighted by Gasteiger charge is -2.20.